The molecule has 0 unspecified atom stereocenters. The van der Waals surface area contributed by atoms with Crippen LogP contribution in [0.15, 0.2) is 18.2 Å². The predicted octanol–water partition coefficient (Wildman–Crippen LogP) is 3.16. The van der Waals surface area contributed by atoms with Gasteiger partial charge in [0.2, 0.25) is 0 Å². The maximum atomic E-state index is 12.8. The minimum Gasteiger partial charge on any atom is -0.398 e. The van der Waals surface area contributed by atoms with Gasteiger partial charge in [0.1, 0.15) is 0 Å². The highest BCUT2D eigenvalue weighted by Gasteiger charge is 2.34. The summed E-state index contributed by atoms with van der Waals surface area (Å²) in [7, 11) is 0. The molecule has 1 aliphatic rings. The van der Waals surface area contributed by atoms with Crippen LogP contribution in [0.25, 0.3) is 0 Å². The first kappa shape index (κ1) is 14.7. The number of halogens is 3. The standard InChI is InChI=1S/C14H17F3N2O/c1-9-4-6-19(7-5-9)13(20)10-2-3-12(18)11(8-10)14(15,16)17/h2-3,8-9H,4-7,18H2,1H3. The fraction of sp³-hybridized carbons (Fsp3) is 0.500. The molecule has 0 aliphatic carbocycles. The van der Waals surface area contributed by atoms with Crippen molar-refractivity contribution in [1.82, 2.24) is 4.90 Å². The molecule has 0 spiro atoms. The lowest BCUT2D eigenvalue weighted by molar-refractivity contribution is -0.136. The molecule has 2 rings (SSSR count). The van der Waals surface area contributed by atoms with Crippen molar-refractivity contribution < 1.29 is 18.0 Å². The Bertz CT molecular complexity index is 506. The zero-order valence-corrected chi connectivity index (χ0v) is 11.2. The first-order valence-corrected chi connectivity index (χ1v) is 6.55. The highest BCUT2D eigenvalue weighted by atomic mass is 19.4. The Morgan fingerprint density at radius 2 is 1.90 bits per heavy atom. The van der Waals surface area contributed by atoms with Crippen molar-refractivity contribution in [3.63, 3.8) is 0 Å². The fourth-order valence-electron chi connectivity index (χ4n) is 2.33. The summed E-state index contributed by atoms with van der Waals surface area (Å²) in [5.41, 5.74) is 4.06. The van der Waals surface area contributed by atoms with Crippen LogP contribution in [0.5, 0.6) is 0 Å². The van der Waals surface area contributed by atoms with E-state index in [1.807, 2.05) is 0 Å². The minimum absolute atomic E-state index is 0.0427. The number of benzene rings is 1. The van der Waals surface area contributed by atoms with Crippen molar-refractivity contribution >= 4 is 11.6 Å². The summed E-state index contributed by atoms with van der Waals surface area (Å²) in [6.07, 6.45) is -2.78. The molecule has 1 aromatic rings. The monoisotopic (exact) mass is 286 g/mol. The van der Waals surface area contributed by atoms with Crippen molar-refractivity contribution in [2.24, 2.45) is 5.92 Å². The van der Waals surface area contributed by atoms with Crippen LogP contribution in [0, 0.1) is 5.92 Å². The minimum atomic E-state index is -4.54. The average Bonchev–Trinajstić information content (AvgIpc) is 2.38. The third kappa shape index (κ3) is 3.05. The molecule has 1 fully saturated rings. The van der Waals surface area contributed by atoms with Gasteiger partial charge in [-0.3, -0.25) is 4.79 Å². The van der Waals surface area contributed by atoms with Crippen molar-refractivity contribution in [3.8, 4) is 0 Å². The highest BCUT2D eigenvalue weighted by Crippen LogP contribution is 2.34. The molecule has 3 nitrogen and oxygen atoms in total. The van der Waals surface area contributed by atoms with Crippen LogP contribution in [0.2, 0.25) is 0 Å². The van der Waals surface area contributed by atoms with Gasteiger partial charge in [-0.05, 0) is 37.0 Å². The molecule has 1 saturated heterocycles. The Balaban J connectivity index is 2.23. The number of carbonyl (C=O) groups is 1. The number of nitrogens with zero attached hydrogens (tertiary/aromatic N) is 1. The SMILES string of the molecule is CC1CCN(C(=O)c2ccc(N)c(C(F)(F)F)c2)CC1. The number of rotatable bonds is 1. The normalized spacial score (nSPS) is 17.3. The van der Waals surface area contributed by atoms with Crippen LogP contribution in [-0.4, -0.2) is 23.9 Å². The largest absolute Gasteiger partial charge is 0.418 e. The van der Waals surface area contributed by atoms with Gasteiger partial charge < -0.3 is 10.6 Å². The molecule has 20 heavy (non-hydrogen) atoms. The van der Waals surface area contributed by atoms with Crippen LogP contribution >= 0.6 is 0 Å². The molecular formula is C14H17F3N2O. The Morgan fingerprint density at radius 3 is 2.45 bits per heavy atom. The van der Waals surface area contributed by atoms with Gasteiger partial charge in [0.05, 0.1) is 5.56 Å². The molecule has 1 aromatic carbocycles. The molecule has 110 valence electrons. The van der Waals surface area contributed by atoms with E-state index in [4.69, 9.17) is 5.73 Å². The first-order chi connectivity index (χ1) is 9.29. The molecule has 1 aliphatic heterocycles. The second-order valence-corrected chi connectivity index (χ2v) is 5.27. The van der Waals surface area contributed by atoms with Gasteiger partial charge in [0.25, 0.3) is 5.91 Å². The molecule has 1 amide bonds. The molecule has 2 N–H and O–H groups in total. The number of nitrogens with two attached hydrogens (primary N) is 1. The van der Waals surface area contributed by atoms with E-state index < -0.39 is 11.7 Å². The predicted molar refractivity (Wildman–Crippen MR) is 70.2 cm³/mol. The van der Waals surface area contributed by atoms with Crippen molar-refractivity contribution in [1.29, 1.82) is 0 Å². The van der Waals surface area contributed by atoms with Crippen LogP contribution in [0.1, 0.15) is 35.7 Å². The molecule has 6 heteroatoms. The van der Waals surface area contributed by atoms with Gasteiger partial charge in [-0.2, -0.15) is 13.2 Å². The lowest BCUT2D eigenvalue weighted by Crippen LogP contribution is -2.38. The number of hydrogen-bond donors (Lipinski definition) is 1. The van der Waals surface area contributed by atoms with Gasteiger partial charge in [-0.25, -0.2) is 0 Å². The van der Waals surface area contributed by atoms with Gasteiger partial charge in [0.15, 0.2) is 0 Å². The zero-order chi connectivity index (χ0) is 14.9. The third-order valence-corrected chi connectivity index (χ3v) is 3.68. The number of likely N-dealkylation sites (tertiary alicyclic amines) is 1. The third-order valence-electron chi connectivity index (χ3n) is 3.68. The van der Waals surface area contributed by atoms with E-state index >= 15 is 0 Å². The quantitative estimate of drug-likeness (QED) is 0.806. The van der Waals surface area contributed by atoms with Crippen LogP contribution in [0.3, 0.4) is 0 Å². The van der Waals surface area contributed by atoms with E-state index in [2.05, 4.69) is 6.92 Å². The van der Waals surface area contributed by atoms with Crippen molar-refractivity contribution in [2.45, 2.75) is 25.9 Å². The average molecular weight is 286 g/mol. The summed E-state index contributed by atoms with van der Waals surface area (Å²) in [4.78, 5) is 13.8. The lowest BCUT2D eigenvalue weighted by Gasteiger charge is -2.30. The molecule has 0 aromatic heterocycles. The number of hydrogen-bond acceptors (Lipinski definition) is 2. The van der Waals surface area contributed by atoms with Crippen LogP contribution in [0.4, 0.5) is 18.9 Å². The topological polar surface area (TPSA) is 46.3 Å². The van der Waals surface area contributed by atoms with E-state index in [1.54, 1.807) is 4.90 Å². The number of carbonyl (C=O) groups excluding carboxylic acids is 1. The molecule has 0 radical (unpaired) electrons. The maximum absolute atomic E-state index is 12.8. The molecule has 0 atom stereocenters. The molecule has 0 bridgehead atoms. The number of amides is 1. The highest BCUT2D eigenvalue weighted by molar-refractivity contribution is 5.95. The number of alkyl halides is 3. The lowest BCUT2D eigenvalue weighted by atomic mass is 9.98. The molecular weight excluding hydrogens is 269 g/mol. The van der Waals surface area contributed by atoms with E-state index in [0.717, 1.165) is 25.0 Å². The fourth-order valence-corrected chi connectivity index (χ4v) is 2.33. The van der Waals surface area contributed by atoms with Crippen molar-refractivity contribution in [3.05, 3.63) is 29.3 Å². The zero-order valence-electron chi connectivity index (χ0n) is 11.2. The second-order valence-electron chi connectivity index (χ2n) is 5.27. The number of anilines is 1. The Hall–Kier alpha value is -1.72. The Kier molecular flexibility index (Phi) is 3.92. The summed E-state index contributed by atoms with van der Waals surface area (Å²) in [5, 5.41) is 0. The van der Waals surface area contributed by atoms with E-state index in [0.29, 0.717) is 19.0 Å². The van der Waals surface area contributed by atoms with E-state index in [9.17, 15) is 18.0 Å². The van der Waals surface area contributed by atoms with Gasteiger partial charge in [-0.15, -0.1) is 0 Å². The maximum Gasteiger partial charge on any atom is 0.418 e. The van der Waals surface area contributed by atoms with E-state index in [-0.39, 0.29) is 17.2 Å². The number of piperidine rings is 1. The Morgan fingerprint density at radius 1 is 1.30 bits per heavy atom. The Labute approximate surface area is 115 Å². The first-order valence-electron chi connectivity index (χ1n) is 6.55. The van der Waals surface area contributed by atoms with E-state index in [1.165, 1.54) is 6.07 Å². The summed E-state index contributed by atoms with van der Waals surface area (Å²) < 4.78 is 38.3. The van der Waals surface area contributed by atoms with Crippen molar-refractivity contribution in [2.75, 3.05) is 18.8 Å². The summed E-state index contributed by atoms with van der Waals surface area (Å²) in [5.74, 6) is 0.193. The van der Waals surface area contributed by atoms with Gasteiger partial charge in [0, 0.05) is 24.3 Å². The van der Waals surface area contributed by atoms with Gasteiger partial charge >= 0.3 is 6.18 Å². The summed E-state index contributed by atoms with van der Waals surface area (Å²) in [6, 6.07) is 3.34. The summed E-state index contributed by atoms with van der Waals surface area (Å²) in [6.45, 7) is 3.28. The second kappa shape index (κ2) is 5.34. The van der Waals surface area contributed by atoms with Gasteiger partial charge in [-0.1, -0.05) is 6.92 Å². The summed E-state index contributed by atoms with van der Waals surface area (Å²) >= 11 is 0. The number of nitrogen functional groups attached to an aromatic ring is 1. The van der Waals surface area contributed by atoms with Crippen LogP contribution in [-0.2, 0) is 6.18 Å². The molecule has 1 heterocycles. The molecule has 0 saturated carbocycles. The smallest absolute Gasteiger partial charge is 0.398 e. The van der Waals surface area contributed by atoms with Crippen LogP contribution < -0.4 is 5.73 Å².